The molecule has 0 spiro atoms. The van der Waals surface area contributed by atoms with Gasteiger partial charge in [-0.3, -0.25) is 4.99 Å². The molecule has 0 saturated carbocycles. The lowest BCUT2D eigenvalue weighted by molar-refractivity contribution is 0.361. The lowest BCUT2D eigenvalue weighted by Gasteiger charge is -2.27. The second-order valence-corrected chi connectivity index (χ2v) is 4.80. The van der Waals surface area contributed by atoms with Gasteiger partial charge in [0.15, 0.2) is 11.5 Å². The van der Waals surface area contributed by atoms with Crippen LogP contribution in [0.4, 0.5) is 0 Å². The van der Waals surface area contributed by atoms with Gasteiger partial charge in [-0.05, 0) is 30.9 Å². The number of phenolic OH excluding ortho intramolecular Hbond substituents is 3. The zero-order chi connectivity index (χ0) is 12.7. The van der Waals surface area contributed by atoms with Crippen molar-refractivity contribution in [1.82, 2.24) is 5.32 Å². The van der Waals surface area contributed by atoms with Crippen molar-refractivity contribution in [3.05, 3.63) is 17.2 Å². The fourth-order valence-electron chi connectivity index (χ4n) is 2.85. The zero-order valence-corrected chi connectivity index (χ0v) is 9.98. The lowest BCUT2D eigenvalue weighted by atomic mass is 9.81. The number of amidine groups is 1. The van der Waals surface area contributed by atoms with Crippen LogP contribution < -0.4 is 5.32 Å². The van der Waals surface area contributed by atoms with Crippen molar-refractivity contribution in [3.63, 3.8) is 0 Å². The summed E-state index contributed by atoms with van der Waals surface area (Å²) in [6, 6.07) is 1.55. The molecule has 0 radical (unpaired) electrons. The Morgan fingerprint density at radius 1 is 1.22 bits per heavy atom. The van der Waals surface area contributed by atoms with Crippen LogP contribution in [0, 0.1) is 0 Å². The minimum absolute atomic E-state index is 0.0913. The molecule has 96 valence electrons. The molecule has 5 heteroatoms. The van der Waals surface area contributed by atoms with E-state index >= 15 is 0 Å². The number of hydrogen-bond acceptors (Lipinski definition) is 5. The highest BCUT2D eigenvalue weighted by atomic mass is 16.3. The second-order valence-electron chi connectivity index (χ2n) is 4.80. The van der Waals surface area contributed by atoms with Crippen molar-refractivity contribution in [1.29, 1.82) is 0 Å². The Hall–Kier alpha value is -1.91. The van der Waals surface area contributed by atoms with Crippen LogP contribution in [0.25, 0.3) is 0 Å². The summed E-state index contributed by atoms with van der Waals surface area (Å²) in [5.41, 5.74) is 1.61. The van der Waals surface area contributed by atoms with Crippen molar-refractivity contribution in [2.45, 2.75) is 25.2 Å². The topological polar surface area (TPSA) is 85.1 Å². The SMILES string of the molecule is Oc1cc2c(c(O)c1O)CCCC2C1=NCCN1. The van der Waals surface area contributed by atoms with Gasteiger partial charge in [0, 0.05) is 18.0 Å². The number of aromatic hydroxyl groups is 3. The summed E-state index contributed by atoms with van der Waals surface area (Å²) in [7, 11) is 0. The van der Waals surface area contributed by atoms with Gasteiger partial charge < -0.3 is 20.6 Å². The van der Waals surface area contributed by atoms with Gasteiger partial charge in [-0.15, -0.1) is 0 Å². The van der Waals surface area contributed by atoms with Crippen molar-refractivity contribution in [3.8, 4) is 17.2 Å². The molecule has 1 aliphatic heterocycles. The third-order valence-electron chi connectivity index (χ3n) is 3.72. The first kappa shape index (κ1) is 11.2. The highest BCUT2D eigenvalue weighted by Gasteiger charge is 2.30. The summed E-state index contributed by atoms with van der Waals surface area (Å²) in [5.74, 6) is 0.148. The quantitative estimate of drug-likeness (QED) is 0.563. The standard InChI is InChI=1S/C13H16N2O3/c16-10-6-9-7(11(17)12(10)18)2-1-3-8(9)13-14-4-5-15-13/h6,8,16-18H,1-5H2,(H,14,15). The van der Waals surface area contributed by atoms with Crippen LogP contribution in [0.15, 0.2) is 11.1 Å². The minimum Gasteiger partial charge on any atom is -0.504 e. The summed E-state index contributed by atoms with van der Waals surface area (Å²) in [6.07, 6.45) is 2.61. The average Bonchev–Trinajstić information content (AvgIpc) is 2.89. The maximum Gasteiger partial charge on any atom is 0.200 e. The van der Waals surface area contributed by atoms with Crippen LogP contribution in [0.2, 0.25) is 0 Å². The van der Waals surface area contributed by atoms with Gasteiger partial charge in [0.05, 0.1) is 6.54 Å². The van der Waals surface area contributed by atoms with Gasteiger partial charge in [-0.25, -0.2) is 0 Å². The highest BCUT2D eigenvalue weighted by Crippen LogP contribution is 2.45. The maximum absolute atomic E-state index is 9.91. The van der Waals surface area contributed by atoms with Gasteiger partial charge in [0.2, 0.25) is 5.75 Å². The number of nitrogens with one attached hydrogen (secondary N) is 1. The third-order valence-corrected chi connectivity index (χ3v) is 3.72. The Bertz CT molecular complexity index is 525. The largest absolute Gasteiger partial charge is 0.504 e. The molecule has 1 atom stereocenters. The molecule has 0 aromatic heterocycles. The van der Waals surface area contributed by atoms with Crippen LogP contribution in [0.5, 0.6) is 17.2 Å². The highest BCUT2D eigenvalue weighted by molar-refractivity contribution is 5.91. The fourth-order valence-corrected chi connectivity index (χ4v) is 2.85. The Kier molecular flexibility index (Phi) is 2.54. The number of hydrogen-bond donors (Lipinski definition) is 4. The molecule has 0 fully saturated rings. The second kappa shape index (κ2) is 4.08. The first-order valence-corrected chi connectivity index (χ1v) is 6.23. The summed E-state index contributed by atoms with van der Waals surface area (Å²) < 4.78 is 0. The molecule has 2 aliphatic rings. The summed E-state index contributed by atoms with van der Waals surface area (Å²) in [6.45, 7) is 1.62. The van der Waals surface area contributed by atoms with Crippen LogP contribution in [-0.2, 0) is 6.42 Å². The zero-order valence-electron chi connectivity index (χ0n) is 9.98. The molecule has 3 rings (SSSR count). The summed E-state index contributed by atoms with van der Waals surface area (Å²) in [4.78, 5) is 4.42. The average molecular weight is 248 g/mol. The predicted molar refractivity (Wildman–Crippen MR) is 67.4 cm³/mol. The van der Waals surface area contributed by atoms with E-state index < -0.39 is 5.75 Å². The van der Waals surface area contributed by atoms with E-state index in [0.717, 1.165) is 49.3 Å². The van der Waals surface area contributed by atoms with E-state index in [4.69, 9.17) is 0 Å². The van der Waals surface area contributed by atoms with E-state index in [1.807, 2.05) is 0 Å². The molecule has 1 unspecified atom stereocenters. The molecule has 1 aliphatic carbocycles. The molecule has 0 bridgehead atoms. The first-order chi connectivity index (χ1) is 8.68. The molecule has 4 N–H and O–H groups in total. The van der Waals surface area contributed by atoms with Crippen LogP contribution in [0.1, 0.15) is 29.9 Å². The van der Waals surface area contributed by atoms with Crippen LogP contribution in [-0.4, -0.2) is 34.2 Å². The van der Waals surface area contributed by atoms with Crippen molar-refractivity contribution < 1.29 is 15.3 Å². The predicted octanol–water partition coefficient (Wildman–Crippen LogP) is 1.22. The van der Waals surface area contributed by atoms with Crippen LogP contribution >= 0.6 is 0 Å². The molecular formula is C13H16N2O3. The van der Waals surface area contributed by atoms with Crippen LogP contribution in [0.3, 0.4) is 0 Å². The molecule has 1 aromatic rings. The number of aliphatic imine (C=N–C) groups is 1. The Morgan fingerprint density at radius 2 is 2.06 bits per heavy atom. The maximum atomic E-state index is 9.91. The Morgan fingerprint density at radius 3 is 2.78 bits per heavy atom. The number of fused-ring (bicyclic) bond motifs is 1. The van der Waals surface area contributed by atoms with E-state index in [1.54, 1.807) is 6.07 Å². The third kappa shape index (κ3) is 1.58. The van der Waals surface area contributed by atoms with E-state index in [2.05, 4.69) is 10.3 Å². The van der Waals surface area contributed by atoms with Crippen molar-refractivity contribution in [2.75, 3.05) is 13.1 Å². The smallest absolute Gasteiger partial charge is 0.200 e. The van der Waals surface area contributed by atoms with Gasteiger partial charge in [0.1, 0.15) is 5.84 Å². The minimum atomic E-state index is -0.421. The van der Waals surface area contributed by atoms with Gasteiger partial charge >= 0.3 is 0 Å². The first-order valence-electron chi connectivity index (χ1n) is 6.23. The fraction of sp³-hybridized carbons (Fsp3) is 0.462. The molecular weight excluding hydrogens is 232 g/mol. The van der Waals surface area contributed by atoms with Gasteiger partial charge in [-0.2, -0.15) is 0 Å². The number of phenols is 3. The molecule has 18 heavy (non-hydrogen) atoms. The number of benzene rings is 1. The van der Waals surface area contributed by atoms with Gasteiger partial charge in [-0.1, -0.05) is 0 Å². The molecule has 5 nitrogen and oxygen atoms in total. The molecule has 1 aromatic carbocycles. The molecule has 0 amide bonds. The van der Waals surface area contributed by atoms with Crippen molar-refractivity contribution >= 4 is 5.84 Å². The lowest BCUT2D eigenvalue weighted by Crippen LogP contribution is -2.28. The number of nitrogens with zero attached hydrogens (tertiary/aromatic N) is 1. The van der Waals surface area contributed by atoms with E-state index in [0.29, 0.717) is 0 Å². The summed E-state index contributed by atoms with van der Waals surface area (Å²) in [5, 5.41) is 32.4. The molecule has 1 heterocycles. The van der Waals surface area contributed by atoms with E-state index in [-0.39, 0.29) is 17.4 Å². The van der Waals surface area contributed by atoms with E-state index in [9.17, 15) is 15.3 Å². The van der Waals surface area contributed by atoms with Crippen molar-refractivity contribution in [2.24, 2.45) is 4.99 Å². The molecule has 0 saturated heterocycles. The van der Waals surface area contributed by atoms with E-state index in [1.165, 1.54) is 0 Å². The normalized spacial score (nSPS) is 22.2. The monoisotopic (exact) mass is 248 g/mol. The Labute approximate surface area is 105 Å². The summed E-state index contributed by atoms with van der Waals surface area (Å²) >= 11 is 0. The van der Waals surface area contributed by atoms with Gasteiger partial charge in [0.25, 0.3) is 0 Å². The number of rotatable bonds is 1. The Balaban J connectivity index is 2.10.